The number of rotatable bonds is 6. The van der Waals surface area contributed by atoms with Gasteiger partial charge in [-0.2, -0.15) is 0 Å². The van der Waals surface area contributed by atoms with E-state index in [9.17, 15) is 22.0 Å². The molecule has 0 bridgehead atoms. The summed E-state index contributed by atoms with van der Waals surface area (Å²) < 4.78 is 49.1. The Balaban J connectivity index is 2.74. The molecule has 0 fully saturated rings. The van der Waals surface area contributed by atoms with Crippen molar-refractivity contribution >= 4 is 15.6 Å². The van der Waals surface area contributed by atoms with Crippen molar-refractivity contribution in [3.8, 4) is 0 Å². The van der Waals surface area contributed by atoms with Crippen LogP contribution in [0.1, 0.15) is 26.2 Å². The Hall–Kier alpha value is -1.30. The maximum atomic E-state index is 12.9. The lowest BCUT2D eigenvalue weighted by Crippen LogP contribution is -2.09. The van der Waals surface area contributed by atoms with E-state index in [4.69, 9.17) is 0 Å². The van der Waals surface area contributed by atoms with Crippen molar-refractivity contribution in [2.75, 3.05) is 5.75 Å². The standard InChI is InChI=1S/C12H14F2O3S/c1-2-9(15)4-3-7-18(16,17)10-5-6-11(13)12(14)8-10/h5-6,8H,2-4,7H2,1H3. The molecule has 0 aliphatic rings. The summed E-state index contributed by atoms with van der Waals surface area (Å²) in [4.78, 5) is 10.8. The monoisotopic (exact) mass is 276 g/mol. The molecule has 1 rings (SSSR count). The maximum Gasteiger partial charge on any atom is 0.178 e. The lowest BCUT2D eigenvalue weighted by atomic mass is 10.2. The number of ketones is 1. The molecule has 0 saturated carbocycles. The molecule has 0 unspecified atom stereocenters. The van der Waals surface area contributed by atoms with Crippen molar-refractivity contribution in [3.05, 3.63) is 29.8 Å². The summed E-state index contributed by atoms with van der Waals surface area (Å²) in [6.45, 7) is 1.70. The van der Waals surface area contributed by atoms with Gasteiger partial charge < -0.3 is 0 Å². The largest absolute Gasteiger partial charge is 0.300 e. The van der Waals surface area contributed by atoms with Gasteiger partial charge in [0.15, 0.2) is 21.5 Å². The Bertz CT molecular complexity index is 538. The molecule has 0 aromatic heterocycles. The van der Waals surface area contributed by atoms with Gasteiger partial charge in [0.25, 0.3) is 0 Å². The van der Waals surface area contributed by atoms with Gasteiger partial charge in [-0.15, -0.1) is 0 Å². The zero-order valence-corrected chi connectivity index (χ0v) is 10.8. The summed E-state index contributed by atoms with van der Waals surface area (Å²) >= 11 is 0. The van der Waals surface area contributed by atoms with E-state index in [1.807, 2.05) is 0 Å². The van der Waals surface area contributed by atoms with E-state index in [0.29, 0.717) is 12.5 Å². The third-order valence-electron chi connectivity index (χ3n) is 2.51. The van der Waals surface area contributed by atoms with Gasteiger partial charge in [-0.25, -0.2) is 17.2 Å². The molecule has 0 spiro atoms. The van der Waals surface area contributed by atoms with Gasteiger partial charge in [-0.05, 0) is 24.6 Å². The van der Waals surface area contributed by atoms with Gasteiger partial charge in [0.05, 0.1) is 10.6 Å². The molecular formula is C12H14F2O3S. The topological polar surface area (TPSA) is 51.2 Å². The molecule has 3 nitrogen and oxygen atoms in total. The van der Waals surface area contributed by atoms with E-state index in [1.54, 1.807) is 6.92 Å². The highest BCUT2D eigenvalue weighted by atomic mass is 32.2. The average Bonchev–Trinajstić information content (AvgIpc) is 2.32. The first-order valence-electron chi connectivity index (χ1n) is 5.56. The number of sulfone groups is 1. The molecule has 6 heteroatoms. The molecule has 0 radical (unpaired) electrons. The maximum absolute atomic E-state index is 12.9. The first kappa shape index (κ1) is 14.8. The van der Waals surface area contributed by atoms with Gasteiger partial charge in [0.1, 0.15) is 5.78 Å². The third kappa shape index (κ3) is 3.87. The summed E-state index contributed by atoms with van der Waals surface area (Å²) in [5.74, 6) is -2.55. The number of carbonyl (C=O) groups excluding carboxylic acids is 1. The van der Waals surface area contributed by atoms with E-state index in [0.717, 1.165) is 12.1 Å². The van der Waals surface area contributed by atoms with E-state index >= 15 is 0 Å². The van der Waals surface area contributed by atoms with Gasteiger partial charge in [-0.1, -0.05) is 6.92 Å². The van der Waals surface area contributed by atoms with Crippen LogP contribution in [0, 0.1) is 11.6 Å². The third-order valence-corrected chi connectivity index (χ3v) is 4.31. The number of Topliss-reactive ketones (excluding diaryl/α,β-unsaturated/α-hetero) is 1. The fourth-order valence-electron chi connectivity index (χ4n) is 1.42. The first-order valence-corrected chi connectivity index (χ1v) is 7.21. The minimum Gasteiger partial charge on any atom is -0.300 e. The quantitative estimate of drug-likeness (QED) is 0.750. The second-order valence-corrected chi connectivity index (χ2v) is 6.00. The Morgan fingerprint density at radius 3 is 2.44 bits per heavy atom. The Morgan fingerprint density at radius 1 is 1.22 bits per heavy atom. The van der Waals surface area contributed by atoms with E-state index in [-0.39, 0.29) is 29.3 Å². The van der Waals surface area contributed by atoms with Crippen LogP contribution in [0.4, 0.5) is 8.78 Å². The Kier molecular flexibility index (Phi) is 4.95. The van der Waals surface area contributed by atoms with E-state index < -0.39 is 21.5 Å². The van der Waals surface area contributed by atoms with Crippen LogP contribution in [0.2, 0.25) is 0 Å². The highest BCUT2D eigenvalue weighted by Gasteiger charge is 2.16. The van der Waals surface area contributed by atoms with E-state index in [2.05, 4.69) is 0 Å². The molecule has 18 heavy (non-hydrogen) atoms. The van der Waals surface area contributed by atoms with Crippen LogP contribution in [0.3, 0.4) is 0 Å². The molecule has 0 heterocycles. The predicted octanol–water partition coefficient (Wildman–Crippen LogP) is 2.50. The van der Waals surface area contributed by atoms with Crippen LogP contribution >= 0.6 is 0 Å². The first-order chi connectivity index (χ1) is 8.36. The molecule has 0 N–H and O–H groups in total. The summed E-state index contributed by atoms with van der Waals surface area (Å²) in [6, 6.07) is 2.46. The lowest BCUT2D eigenvalue weighted by Gasteiger charge is -2.04. The summed E-state index contributed by atoms with van der Waals surface area (Å²) in [5, 5.41) is 0. The number of halogens is 2. The molecule has 1 aromatic carbocycles. The van der Waals surface area contributed by atoms with Crippen molar-refractivity contribution in [3.63, 3.8) is 0 Å². The molecule has 0 saturated heterocycles. The van der Waals surface area contributed by atoms with Crippen LogP contribution in [0.15, 0.2) is 23.1 Å². The van der Waals surface area contributed by atoms with Gasteiger partial charge in [0, 0.05) is 12.8 Å². The van der Waals surface area contributed by atoms with Crippen molar-refractivity contribution in [1.82, 2.24) is 0 Å². The molecule has 0 aliphatic heterocycles. The minimum atomic E-state index is -3.66. The Morgan fingerprint density at radius 2 is 1.89 bits per heavy atom. The van der Waals surface area contributed by atoms with Gasteiger partial charge >= 0.3 is 0 Å². The van der Waals surface area contributed by atoms with Crippen molar-refractivity contribution < 1.29 is 22.0 Å². The number of carbonyl (C=O) groups is 1. The second kappa shape index (κ2) is 6.04. The van der Waals surface area contributed by atoms with Crippen LogP contribution in [-0.2, 0) is 14.6 Å². The Labute approximate surface area is 105 Å². The van der Waals surface area contributed by atoms with Crippen molar-refractivity contribution in [1.29, 1.82) is 0 Å². The highest BCUT2D eigenvalue weighted by molar-refractivity contribution is 7.91. The summed E-state index contributed by atoms with van der Waals surface area (Å²) in [5.41, 5.74) is 0. The number of hydrogen-bond acceptors (Lipinski definition) is 3. The molecule has 0 amide bonds. The fraction of sp³-hybridized carbons (Fsp3) is 0.417. The SMILES string of the molecule is CCC(=O)CCCS(=O)(=O)c1ccc(F)c(F)c1. The average molecular weight is 276 g/mol. The van der Waals surface area contributed by atoms with Crippen LogP contribution < -0.4 is 0 Å². The zero-order chi connectivity index (χ0) is 13.8. The summed E-state index contributed by atoms with van der Waals surface area (Å²) in [6.07, 6.45) is 0.735. The fourth-order valence-corrected chi connectivity index (χ4v) is 2.74. The van der Waals surface area contributed by atoms with Gasteiger partial charge in [-0.3, -0.25) is 4.79 Å². The molecule has 1 aromatic rings. The lowest BCUT2D eigenvalue weighted by molar-refractivity contribution is -0.118. The molecular weight excluding hydrogens is 262 g/mol. The van der Waals surface area contributed by atoms with Crippen molar-refractivity contribution in [2.45, 2.75) is 31.1 Å². The van der Waals surface area contributed by atoms with Crippen LogP contribution in [-0.4, -0.2) is 20.0 Å². The molecule has 0 aliphatic carbocycles. The highest BCUT2D eigenvalue weighted by Crippen LogP contribution is 2.16. The molecule has 100 valence electrons. The van der Waals surface area contributed by atoms with Crippen LogP contribution in [0.5, 0.6) is 0 Å². The van der Waals surface area contributed by atoms with Crippen molar-refractivity contribution in [2.24, 2.45) is 0 Å². The molecule has 0 atom stereocenters. The summed E-state index contributed by atoms with van der Waals surface area (Å²) in [7, 11) is -3.66. The second-order valence-electron chi connectivity index (χ2n) is 3.89. The normalized spacial score (nSPS) is 11.5. The van der Waals surface area contributed by atoms with Crippen LogP contribution in [0.25, 0.3) is 0 Å². The number of hydrogen-bond donors (Lipinski definition) is 0. The zero-order valence-electron chi connectivity index (χ0n) is 9.95. The van der Waals surface area contributed by atoms with Gasteiger partial charge in [0.2, 0.25) is 0 Å². The predicted molar refractivity (Wildman–Crippen MR) is 62.9 cm³/mol. The minimum absolute atomic E-state index is 0.0181. The smallest absolute Gasteiger partial charge is 0.178 e. The number of benzene rings is 1. The van der Waals surface area contributed by atoms with E-state index in [1.165, 1.54) is 0 Å².